The molecule has 2 heterocycles. The molecule has 17 heavy (non-hydrogen) atoms. The molecule has 0 spiro atoms. The number of aliphatic carboxylic acids is 1. The fourth-order valence-electron chi connectivity index (χ4n) is 1.90. The maximum atomic E-state index is 11.9. The Bertz CT molecular complexity index is 405. The zero-order valence-corrected chi connectivity index (χ0v) is 10.1. The Labute approximate surface area is 103 Å². The number of thiophene rings is 1. The van der Waals surface area contributed by atoms with E-state index in [9.17, 15) is 9.59 Å². The summed E-state index contributed by atoms with van der Waals surface area (Å²) in [5, 5.41) is 14.4. The molecule has 1 aliphatic rings. The van der Waals surface area contributed by atoms with Crippen molar-refractivity contribution >= 4 is 28.3 Å². The van der Waals surface area contributed by atoms with Crippen LogP contribution in [0.5, 0.6) is 0 Å². The highest BCUT2D eigenvalue weighted by atomic mass is 32.1. The standard InChI is InChI=1S/C11H14N2O3S/c14-10(15)8-3-1-5-13(7-8)11(16)12-9-4-2-6-17-9/h2,4,6,8H,1,3,5,7H2,(H,12,16)(H,14,15)/t8-/m0/s1. The molecule has 0 aliphatic carbocycles. The second-order valence-electron chi connectivity index (χ2n) is 4.03. The minimum Gasteiger partial charge on any atom is -0.481 e. The number of piperidine rings is 1. The van der Waals surface area contributed by atoms with Gasteiger partial charge in [0, 0.05) is 13.1 Å². The number of carboxylic acids is 1. The van der Waals surface area contributed by atoms with E-state index in [1.165, 1.54) is 11.3 Å². The molecule has 0 bridgehead atoms. The van der Waals surface area contributed by atoms with Gasteiger partial charge in [-0.1, -0.05) is 0 Å². The number of hydrogen-bond donors (Lipinski definition) is 2. The molecule has 0 unspecified atom stereocenters. The van der Waals surface area contributed by atoms with Crippen molar-refractivity contribution < 1.29 is 14.7 Å². The van der Waals surface area contributed by atoms with Crippen LogP contribution in [0.1, 0.15) is 12.8 Å². The first-order chi connectivity index (χ1) is 8.16. The van der Waals surface area contributed by atoms with E-state index in [2.05, 4.69) is 5.32 Å². The minimum atomic E-state index is -0.821. The molecule has 2 amide bonds. The van der Waals surface area contributed by atoms with Gasteiger partial charge in [-0.05, 0) is 30.4 Å². The van der Waals surface area contributed by atoms with E-state index in [1.807, 2.05) is 17.5 Å². The number of anilines is 1. The number of likely N-dealkylation sites (tertiary alicyclic amines) is 1. The maximum Gasteiger partial charge on any atom is 0.322 e. The van der Waals surface area contributed by atoms with Crippen molar-refractivity contribution in [1.29, 1.82) is 0 Å². The van der Waals surface area contributed by atoms with Crippen LogP contribution in [0.3, 0.4) is 0 Å². The second kappa shape index (κ2) is 5.18. The number of urea groups is 1. The third kappa shape index (κ3) is 2.97. The van der Waals surface area contributed by atoms with Gasteiger partial charge in [0.1, 0.15) is 0 Å². The van der Waals surface area contributed by atoms with Gasteiger partial charge in [0.15, 0.2) is 0 Å². The Morgan fingerprint density at radius 1 is 1.53 bits per heavy atom. The van der Waals surface area contributed by atoms with Crippen LogP contribution < -0.4 is 5.32 Å². The Balaban J connectivity index is 1.93. The van der Waals surface area contributed by atoms with Crippen molar-refractivity contribution in [2.75, 3.05) is 18.4 Å². The minimum absolute atomic E-state index is 0.210. The summed E-state index contributed by atoms with van der Waals surface area (Å²) in [6, 6.07) is 3.47. The average Bonchev–Trinajstić information content (AvgIpc) is 2.82. The number of carbonyl (C=O) groups excluding carboxylic acids is 1. The molecule has 6 heteroatoms. The summed E-state index contributed by atoms with van der Waals surface area (Å²) >= 11 is 1.45. The van der Waals surface area contributed by atoms with E-state index in [0.717, 1.165) is 11.4 Å². The first kappa shape index (κ1) is 11.9. The summed E-state index contributed by atoms with van der Waals surface area (Å²) in [6.07, 6.45) is 1.40. The molecule has 2 N–H and O–H groups in total. The predicted octanol–water partition coefficient (Wildman–Crippen LogP) is 2.08. The molecule has 0 aromatic carbocycles. The fraction of sp³-hybridized carbons (Fsp3) is 0.455. The fourth-order valence-corrected chi connectivity index (χ4v) is 2.50. The Kier molecular flexibility index (Phi) is 3.63. The second-order valence-corrected chi connectivity index (χ2v) is 4.98. The SMILES string of the molecule is O=C(O)[C@H]1CCCN(C(=O)Nc2cccs2)C1. The molecule has 5 nitrogen and oxygen atoms in total. The number of amides is 2. The van der Waals surface area contributed by atoms with Crippen LogP contribution in [0.4, 0.5) is 9.80 Å². The molecular weight excluding hydrogens is 240 g/mol. The highest BCUT2D eigenvalue weighted by Gasteiger charge is 2.28. The van der Waals surface area contributed by atoms with Gasteiger partial charge in [-0.3, -0.25) is 10.1 Å². The molecule has 1 fully saturated rings. The normalized spacial score (nSPS) is 20.0. The van der Waals surface area contributed by atoms with Gasteiger partial charge in [0.05, 0.1) is 10.9 Å². The van der Waals surface area contributed by atoms with Gasteiger partial charge in [-0.15, -0.1) is 11.3 Å². The molecule has 0 saturated carbocycles. The number of rotatable bonds is 2. The molecule has 1 aromatic rings. The lowest BCUT2D eigenvalue weighted by Gasteiger charge is -2.30. The lowest BCUT2D eigenvalue weighted by Crippen LogP contribution is -2.44. The van der Waals surface area contributed by atoms with Crippen LogP contribution in [-0.4, -0.2) is 35.1 Å². The van der Waals surface area contributed by atoms with E-state index in [4.69, 9.17) is 5.11 Å². The molecule has 1 aliphatic heterocycles. The smallest absolute Gasteiger partial charge is 0.322 e. The first-order valence-corrected chi connectivity index (χ1v) is 6.37. The lowest BCUT2D eigenvalue weighted by atomic mass is 9.99. The molecule has 2 rings (SSSR count). The van der Waals surface area contributed by atoms with E-state index < -0.39 is 11.9 Å². The zero-order valence-electron chi connectivity index (χ0n) is 9.26. The first-order valence-electron chi connectivity index (χ1n) is 5.49. The van der Waals surface area contributed by atoms with Crippen molar-refractivity contribution in [2.45, 2.75) is 12.8 Å². The predicted molar refractivity (Wildman–Crippen MR) is 65.3 cm³/mol. The van der Waals surface area contributed by atoms with Crippen LogP contribution in [0.15, 0.2) is 17.5 Å². The van der Waals surface area contributed by atoms with Gasteiger partial charge in [-0.2, -0.15) is 0 Å². The summed E-state index contributed by atoms with van der Waals surface area (Å²) in [5.74, 6) is -1.25. The van der Waals surface area contributed by atoms with Crippen molar-refractivity contribution in [3.05, 3.63) is 17.5 Å². The molecular formula is C11H14N2O3S. The summed E-state index contributed by atoms with van der Waals surface area (Å²) in [4.78, 5) is 24.3. The Hall–Kier alpha value is -1.56. The highest BCUT2D eigenvalue weighted by molar-refractivity contribution is 7.14. The van der Waals surface area contributed by atoms with Crippen LogP contribution >= 0.6 is 11.3 Å². The van der Waals surface area contributed by atoms with E-state index >= 15 is 0 Å². The molecule has 1 aromatic heterocycles. The number of carbonyl (C=O) groups is 2. The molecule has 1 atom stereocenters. The summed E-state index contributed by atoms with van der Waals surface area (Å²) in [7, 11) is 0. The van der Waals surface area contributed by atoms with Crippen molar-refractivity contribution in [1.82, 2.24) is 4.90 Å². The van der Waals surface area contributed by atoms with Gasteiger partial charge >= 0.3 is 12.0 Å². The Morgan fingerprint density at radius 2 is 2.35 bits per heavy atom. The number of carboxylic acid groups (broad SMARTS) is 1. The maximum absolute atomic E-state index is 11.9. The van der Waals surface area contributed by atoms with E-state index in [0.29, 0.717) is 19.5 Å². The largest absolute Gasteiger partial charge is 0.481 e. The molecule has 0 radical (unpaired) electrons. The Morgan fingerprint density at radius 3 is 3.00 bits per heavy atom. The highest BCUT2D eigenvalue weighted by Crippen LogP contribution is 2.19. The van der Waals surface area contributed by atoms with Crippen molar-refractivity contribution in [3.63, 3.8) is 0 Å². The van der Waals surface area contributed by atoms with E-state index in [1.54, 1.807) is 4.90 Å². The van der Waals surface area contributed by atoms with Crippen molar-refractivity contribution in [3.8, 4) is 0 Å². The third-order valence-corrected chi connectivity index (χ3v) is 3.59. The molecule has 92 valence electrons. The van der Waals surface area contributed by atoms with Crippen LogP contribution in [0.25, 0.3) is 0 Å². The quantitative estimate of drug-likeness (QED) is 0.849. The van der Waals surface area contributed by atoms with Gasteiger partial charge in [0.2, 0.25) is 0 Å². The summed E-state index contributed by atoms with van der Waals surface area (Å²) in [6.45, 7) is 0.924. The molecule has 1 saturated heterocycles. The van der Waals surface area contributed by atoms with E-state index in [-0.39, 0.29) is 6.03 Å². The van der Waals surface area contributed by atoms with Crippen LogP contribution in [0.2, 0.25) is 0 Å². The average molecular weight is 254 g/mol. The zero-order chi connectivity index (χ0) is 12.3. The monoisotopic (exact) mass is 254 g/mol. The lowest BCUT2D eigenvalue weighted by molar-refractivity contribution is -0.143. The van der Waals surface area contributed by atoms with Gasteiger partial charge < -0.3 is 10.0 Å². The third-order valence-electron chi connectivity index (χ3n) is 2.81. The van der Waals surface area contributed by atoms with Gasteiger partial charge in [-0.25, -0.2) is 4.79 Å². The topological polar surface area (TPSA) is 69.6 Å². The number of nitrogens with zero attached hydrogens (tertiary/aromatic N) is 1. The van der Waals surface area contributed by atoms with Crippen LogP contribution in [-0.2, 0) is 4.79 Å². The van der Waals surface area contributed by atoms with Crippen LogP contribution in [0, 0.1) is 5.92 Å². The summed E-state index contributed by atoms with van der Waals surface area (Å²) < 4.78 is 0. The van der Waals surface area contributed by atoms with Gasteiger partial charge in [0.25, 0.3) is 0 Å². The summed E-state index contributed by atoms with van der Waals surface area (Å²) in [5.41, 5.74) is 0. The van der Waals surface area contributed by atoms with Crippen molar-refractivity contribution in [2.24, 2.45) is 5.92 Å². The number of nitrogens with one attached hydrogen (secondary N) is 1. The number of hydrogen-bond acceptors (Lipinski definition) is 3.